The summed E-state index contributed by atoms with van der Waals surface area (Å²) < 4.78 is 0. The Morgan fingerprint density at radius 2 is 2.20 bits per heavy atom. The molecule has 3 aliphatic rings. The number of aromatic amines is 1. The van der Waals surface area contributed by atoms with Crippen LogP contribution in [0.2, 0.25) is 0 Å². The maximum Gasteiger partial charge on any atom is 0.222 e. The molecule has 1 aromatic heterocycles. The zero-order valence-electron chi connectivity index (χ0n) is 15.1. The van der Waals surface area contributed by atoms with Gasteiger partial charge in [0.2, 0.25) is 5.91 Å². The van der Waals surface area contributed by atoms with Crippen LogP contribution in [0.15, 0.2) is 24.0 Å². The van der Waals surface area contributed by atoms with Crippen molar-refractivity contribution in [3.8, 4) is 0 Å². The summed E-state index contributed by atoms with van der Waals surface area (Å²) in [5, 5.41) is 0. The second kappa shape index (κ2) is 7.73. The molecule has 1 amide bonds. The Morgan fingerprint density at radius 3 is 3.00 bits per heavy atom. The highest BCUT2D eigenvalue weighted by Crippen LogP contribution is 2.32. The molecule has 0 bridgehead atoms. The number of amides is 1. The van der Waals surface area contributed by atoms with Gasteiger partial charge in [-0.25, -0.2) is 4.98 Å². The number of H-pyrrole nitrogens is 1. The van der Waals surface area contributed by atoms with Gasteiger partial charge >= 0.3 is 0 Å². The lowest BCUT2D eigenvalue weighted by molar-refractivity contribution is -0.141. The van der Waals surface area contributed by atoms with Gasteiger partial charge in [0.05, 0.1) is 6.54 Å². The highest BCUT2D eigenvalue weighted by Gasteiger charge is 2.39. The summed E-state index contributed by atoms with van der Waals surface area (Å²) in [5.41, 5.74) is 1.58. The summed E-state index contributed by atoms with van der Waals surface area (Å²) in [4.78, 5) is 24.8. The molecule has 136 valence electrons. The standard InChI is InChI=1S/C20H30N4O/c25-20-7-6-17-14-23(15-19-21-10-11-22-19)12-9-18(17)24(20)13-8-16-4-2-1-3-5-16/h4,10-11,17-18H,1-3,5-9,12-15H2,(H,21,22)/t17-,18+/m1/s1. The minimum Gasteiger partial charge on any atom is -0.348 e. The van der Waals surface area contributed by atoms with Gasteiger partial charge in [0.25, 0.3) is 0 Å². The highest BCUT2D eigenvalue weighted by molar-refractivity contribution is 5.77. The molecule has 4 rings (SSSR count). The molecule has 5 heteroatoms. The molecule has 0 radical (unpaired) electrons. The molecule has 2 atom stereocenters. The largest absolute Gasteiger partial charge is 0.348 e. The molecule has 1 aliphatic carbocycles. The Kier molecular flexibility index (Phi) is 5.20. The molecule has 0 unspecified atom stereocenters. The predicted molar refractivity (Wildman–Crippen MR) is 97.9 cm³/mol. The number of nitrogens with one attached hydrogen (secondary N) is 1. The van der Waals surface area contributed by atoms with E-state index in [1.807, 2.05) is 12.4 Å². The molecule has 2 aliphatic heterocycles. The van der Waals surface area contributed by atoms with Crippen molar-refractivity contribution in [3.63, 3.8) is 0 Å². The molecule has 1 aromatic rings. The fraction of sp³-hybridized carbons (Fsp3) is 0.700. The van der Waals surface area contributed by atoms with Gasteiger partial charge in [0.1, 0.15) is 5.82 Å². The number of nitrogens with zero attached hydrogens (tertiary/aromatic N) is 3. The molecule has 5 nitrogen and oxygen atoms in total. The van der Waals surface area contributed by atoms with E-state index in [1.54, 1.807) is 5.57 Å². The first kappa shape index (κ1) is 16.8. The third-order valence-corrected chi connectivity index (χ3v) is 6.21. The third-order valence-electron chi connectivity index (χ3n) is 6.21. The van der Waals surface area contributed by atoms with Gasteiger partial charge < -0.3 is 9.88 Å². The SMILES string of the molecule is O=C1CC[C@@H]2CN(Cc3ncc[nH]3)CC[C@@H]2N1CCC1=CCCCC1. The van der Waals surface area contributed by atoms with Crippen molar-refractivity contribution < 1.29 is 4.79 Å². The summed E-state index contributed by atoms with van der Waals surface area (Å²) in [6.07, 6.45) is 15.3. The van der Waals surface area contributed by atoms with Crippen LogP contribution in [0.4, 0.5) is 0 Å². The summed E-state index contributed by atoms with van der Waals surface area (Å²) in [6.45, 7) is 3.99. The smallest absolute Gasteiger partial charge is 0.222 e. The van der Waals surface area contributed by atoms with Gasteiger partial charge in [0.15, 0.2) is 0 Å². The lowest BCUT2D eigenvalue weighted by Gasteiger charge is -2.47. The van der Waals surface area contributed by atoms with Crippen LogP contribution < -0.4 is 0 Å². The van der Waals surface area contributed by atoms with E-state index in [-0.39, 0.29) is 0 Å². The van der Waals surface area contributed by atoms with E-state index in [0.29, 0.717) is 17.9 Å². The molecule has 25 heavy (non-hydrogen) atoms. The van der Waals surface area contributed by atoms with Crippen LogP contribution in [0.1, 0.15) is 57.2 Å². The van der Waals surface area contributed by atoms with E-state index >= 15 is 0 Å². The fourth-order valence-electron chi connectivity index (χ4n) is 4.85. The monoisotopic (exact) mass is 342 g/mol. The number of likely N-dealkylation sites (tertiary alicyclic amines) is 2. The molecule has 0 aromatic carbocycles. The Hall–Kier alpha value is -1.62. The van der Waals surface area contributed by atoms with E-state index < -0.39 is 0 Å². The van der Waals surface area contributed by atoms with Crippen LogP contribution in [0, 0.1) is 5.92 Å². The van der Waals surface area contributed by atoms with Crippen LogP contribution in [0.25, 0.3) is 0 Å². The molecular weight excluding hydrogens is 312 g/mol. The second-order valence-corrected chi connectivity index (χ2v) is 7.87. The van der Waals surface area contributed by atoms with Crippen molar-refractivity contribution in [1.82, 2.24) is 19.8 Å². The zero-order chi connectivity index (χ0) is 17.1. The van der Waals surface area contributed by atoms with Gasteiger partial charge in [-0.05, 0) is 50.9 Å². The highest BCUT2D eigenvalue weighted by atomic mass is 16.2. The zero-order valence-corrected chi connectivity index (χ0v) is 15.1. The van der Waals surface area contributed by atoms with Crippen molar-refractivity contribution in [1.29, 1.82) is 0 Å². The molecule has 3 heterocycles. The van der Waals surface area contributed by atoms with Crippen LogP contribution in [0.5, 0.6) is 0 Å². The quantitative estimate of drug-likeness (QED) is 0.837. The van der Waals surface area contributed by atoms with Crippen LogP contribution in [-0.2, 0) is 11.3 Å². The maximum atomic E-state index is 12.5. The molecule has 1 N–H and O–H groups in total. The van der Waals surface area contributed by atoms with Crippen molar-refractivity contribution in [2.75, 3.05) is 19.6 Å². The van der Waals surface area contributed by atoms with Gasteiger partial charge in [-0.2, -0.15) is 0 Å². The molecule has 0 saturated carbocycles. The summed E-state index contributed by atoms with van der Waals surface area (Å²) in [7, 11) is 0. The van der Waals surface area contributed by atoms with Crippen LogP contribution in [-0.4, -0.2) is 51.4 Å². The first-order valence-electron chi connectivity index (χ1n) is 9.97. The number of rotatable bonds is 5. The van der Waals surface area contributed by atoms with Gasteiger partial charge in [-0.1, -0.05) is 11.6 Å². The number of allylic oxidation sites excluding steroid dienone is 1. The van der Waals surface area contributed by atoms with E-state index in [9.17, 15) is 4.79 Å². The van der Waals surface area contributed by atoms with Crippen molar-refractivity contribution in [2.45, 2.75) is 64.0 Å². The number of carbonyl (C=O) groups is 1. The summed E-state index contributed by atoms with van der Waals surface area (Å²) in [5.74, 6) is 2.06. The molecular formula is C20H30N4O. The number of imidazole rings is 1. The second-order valence-electron chi connectivity index (χ2n) is 7.87. The average Bonchev–Trinajstić information content (AvgIpc) is 3.15. The summed E-state index contributed by atoms with van der Waals surface area (Å²) >= 11 is 0. The van der Waals surface area contributed by atoms with Crippen molar-refractivity contribution >= 4 is 5.91 Å². The Labute approximate surface area is 150 Å². The molecule has 2 fully saturated rings. The predicted octanol–water partition coefficient (Wildman–Crippen LogP) is 3.11. The van der Waals surface area contributed by atoms with E-state index in [2.05, 4.69) is 25.8 Å². The van der Waals surface area contributed by atoms with Gasteiger partial charge in [-0.15, -0.1) is 0 Å². The Morgan fingerprint density at radius 1 is 1.24 bits per heavy atom. The summed E-state index contributed by atoms with van der Waals surface area (Å²) in [6, 6.07) is 0.457. The van der Waals surface area contributed by atoms with Crippen molar-refractivity contribution in [3.05, 3.63) is 29.9 Å². The normalized spacial score (nSPS) is 27.9. The first-order chi connectivity index (χ1) is 12.3. The lowest BCUT2D eigenvalue weighted by Crippen LogP contribution is -2.56. The van der Waals surface area contributed by atoms with Crippen molar-refractivity contribution in [2.24, 2.45) is 5.92 Å². The van der Waals surface area contributed by atoms with Gasteiger partial charge in [-0.3, -0.25) is 9.69 Å². The number of hydrogen-bond acceptors (Lipinski definition) is 3. The Bertz CT molecular complexity index is 609. The van der Waals surface area contributed by atoms with Crippen LogP contribution >= 0.6 is 0 Å². The lowest BCUT2D eigenvalue weighted by atomic mass is 9.83. The number of fused-ring (bicyclic) bond motifs is 1. The van der Waals surface area contributed by atoms with E-state index in [1.165, 1.54) is 25.7 Å². The minimum atomic E-state index is 0.386. The molecule has 0 spiro atoms. The number of aromatic nitrogens is 2. The maximum absolute atomic E-state index is 12.5. The van der Waals surface area contributed by atoms with E-state index in [0.717, 1.165) is 57.7 Å². The third kappa shape index (κ3) is 3.97. The minimum absolute atomic E-state index is 0.386. The van der Waals surface area contributed by atoms with Crippen LogP contribution in [0.3, 0.4) is 0 Å². The Balaban J connectivity index is 1.35. The number of piperidine rings is 2. The number of hydrogen-bond donors (Lipinski definition) is 1. The number of carbonyl (C=O) groups excluding carboxylic acids is 1. The fourth-order valence-corrected chi connectivity index (χ4v) is 4.85. The first-order valence-corrected chi connectivity index (χ1v) is 9.97. The topological polar surface area (TPSA) is 52.2 Å². The van der Waals surface area contributed by atoms with Gasteiger partial charge in [0, 0.05) is 44.5 Å². The van der Waals surface area contributed by atoms with E-state index in [4.69, 9.17) is 0 Å². The average molecular weight is 342 g/mol. The molecule has 2 saturated heterocycles.